The number of carbonyl (C=O) groups excluding carboxylic acids is 1. The van der Waals surface area contributed by atoms with Gasteiger partial charge in [0.05, 0.1) is 13.2 Å². The molecule has 22 heavy (non-hydrogen) atoms. The lowest BCUT2D eigenvalue weighted by Crippen LogP contribution is -2.46. The Balaban J connectivity index is 1.61. The second-order valence-corrected chi connectivity index (χ2v) is 6.23. The van der Waals surface area contributed by atoms with E-state index in [2.05, 4.69) is 9.97 Å². The van der Waals surface area contributed by atoms with Crippen molar-refractivity contribution in [2.45, 2.75) is 44.6 Å². The molecule has 1 aromatic rings. The Hall–Kier alpha value is -1.50. The fraction of sp³-hybridized carbons (Fsp3) is 0.733. The van der Waals surface area contributed by atoms with Crippen molar-refractivity contribution >= 4 is 5.91 Å². The Morgan fingerprint density at radius 3 is 2.82 bits per heavy atom. The summed E-state index contributed by atoms with van der Waals surface area (Å²) in [7, 11) is 0. The molecule has 3 rings (SSSR count). The van der Waals surface area contributed by atoms with E-state index < -0.39 is 5.92 Å². The molecule has 1 aliphatic carbocycles. The lowest BCUT2D eigenvalue weighted by Gasteiger charge is -2.36. The monoisotopic (exact) mass is 313 g/mol. The van der Waals surface area contributed by atoms with Crippen molar-refractivity contribution in [2.24, 2.45) is 5.92 Å². The van der Waals surface area contributed by atoms with E-state index in [1.807, 2.05) is 6.92 Å². The molecular weight excluding hydrogens is 292 g/mol. The fourth-order valence-electron chi connectivity index (χ4n) is 3.16. The normalized spacial score (nSPS) is 26.1. The first-order valence-electron chi connectivity index (χ1n) is 7.74. The van der Waals surface area contributed by atoms with Gasteiger partial charge in [0.2, 0.25) is 11.8 Å². The van der Waals surface area contributed by atoms with Crippen LogP contribution < -0.4 is 0 Å². The fourth-order valence-corrected chi connectivity index (χ4v) is 3.16. The standard InChI is InChI=1S/C15H21F2N3O2/c1-10-8-18-13(19-10)12-9-20(6-7-22-12)14(21)11-2-4-15(16,17)5-3-11/h8,11-12H,2-7,9H2,1H3,(H,18,19)/t12-/m1/s1. The number of nitrogens with one attached hydrogen (secondary N) is 1. The van der Waals surface area contributed by atoms with Crippen molar-refractivity contribution in [3.63, 3.8) is 0 Å². The first-order valence-corrected chi connectivity index (χ1v) is 7.74. The molecule has 0 unspecified atom stereocenters. The zero-order valence-corrected chi connectivity index (χ0v) is 12.6. The number of aryl methyl sites for hydroxylation is 1. The van der Waals surface area contributed by atoms with E-state index in [1.165, 1.54) is 0 Å². The van der Waals surface area contributed by atoms with Gasteiger partial charge in [-0.2, -0.15) is 0 Å². The maximum atomic E-state index is 13.2. The second-order valence-electron chi connectivity index (χ2n) is 6.23. The van der Waals surface area contributed by atoms with Gasteiger partial charge in [0, 0.05) is 37.2 Å². The number of nitrogens with zero attached hydrogens (tertiary/aromatic N) is 2. The van der Waals surface area contributed by atoms with Crippen LogP contribution in [-0.2, 0) is 9.53 Å². The summed E-state index contributed by atoms with van der Waals surface area (Å²) in [6.45, 7) is 3.30. The van der Waals surface area contributed by atoms with E-state index in [0.717, 1.165) is 5.69 Å². The molecule has 2 aliphatic rings. The maximum absolute atomic E-state index is 13.2. The SMILES string of the molecule is Cc1cnc([C@H]2CN(C(=O)C3CCC(F)(F)CC3)CCO2)[nH]1. The van der Waals surface area contributed by atoms with E-state index in [1.54, 1.807) is 11.1 Å². The highest BCUT2D eigenvalue weighted by Crippen LogP contribution is 2.37. The van der Waals surface area contributed by atoms with Gasteiger partial charge in [-0.15, -0.1) is 0 Å². The van der Waals surface area contributed by atoms with Gasteiger partial charge in [-0.1, -0.05) is 0 Å². The number of aromatic nitrogens is 2. The Bertz CT molecular complexity index is 537. The number of ether oxygens (including phenoxy) is 1. The Morgan fingerprint density at radius 2 is 2.18 bits per heavy atom. The summed E-state index contributed by atoms with van der Waals surface area (Å²) < 4.78 is 32.1. The van der Waals surface area contributed by atoms with Crippen molar-refractivity contribution in [3.8, 4) is 0 Å². The Kier molecular flexibility index (Phi) is 4.16. The molecule has 1 saturated heterocycles. The molecule has 0 bridgehead atoms. The van der Waals surface area contributed by atoms with Crippen molar-refractivity contribution in [2.75, 3.05) is 19.7 Å². The number of halogens is 2. The zero-order chi connectivity index (χ0) is 15.7. The van der Waals surface area contributed by atoms with Crippen molar-refractivity contribution in [1.29, 1.82) is 0 Å². The minimum absolute atomic E-state index is 0.0212. The first-order chi connectivity index (χ1) is 10.4. The molecule has 1 N–H and O–H groups in total. The van der Waals surface area contributed by atoms with Crippen LogP contribution in [0.4, 0.5) is 8.78 Å². The average molecular weight is 313 g/mol. The summed E-state index contributed by atoms with van der Waals surface area (Å²) in [5.74, 6) is -2.19. The van der Waals surface area contributed by atoms with E-state index >= 15 is 0 Å². The molecule has 1 aromatic heterocycles. The molecule has 1 aliphatic heterocycles. The third kappa shape index (κ3) is 3.29. The summed E-state index contributed by atoms with van der Waals surface area (Å²) >= 11 is 0. The predicted molar refractivity (Wildman–Crippen MR) is 75.5 cm³/mol. The minimum Gasteiger partial charge on any atom is -0.367 e. The Labute approximate surface area is 128 Å². The van der Waals surface area contributed by atoms with Crippen LogP contribution in [0.5, 0.6) is 0 Å². The summed E-state index contributed by atoms with van der Waals surface area (Å²) in [6, 6.07) is 0. The van der Waals surface area contributed by atoms with E-state index in [-0.39, 0.29) is 43.6 Å². The molecule has 0 aromatic carbocycles. The lowest BCUT2D eigenvalue weighted by molar-refractivity contribution is -0.147. The molecule has 122 valence electrons. The molecule has 5 nitrogen and oxygen atoms in total. The summed E-state index contributed by atoms with van der Waals surface area (Å²) in [4.78, 5) is 21.6. The molecule has 1 atom stereocenters. The average Bonchev–Trinajstić information content (AvgIpc) is 2.93. The van der Waals surface area contributed by atoms with Gasteiger partial charge in [-0.05, 0) is 19.8 Å². The van der Waals surface area contributed by atoms with Crippen molar-refractivity contribution in [1.82, 2.24) is 14.9 Å². The quantitative estimate of drug-likeness (QED) is 0.912. The highest BCUT2D eigenvalue weighted by Gasteiger charge is 2.39. The van der Waals surface area contributed by atoms with Crippen LogP contribution in [0.15, 0.2) is 6.20 Å². The first kappa shape index (κ1) is 15.4. The van der Waals surface area contributed by atoms with Crippen molar-refractivity contribution in [3.05, 3.63) is 17.7 Å². The second kappa shape index (κ2) is 5.95. The van der Waals surface area contributed by atoms with Gasteiger partial charge in [0.1, 0.15) is 11.9 Å². The summed E-state index contributed by atoms with van der Waals surface area (Å²) in [6.07, 6.45) is 1.63. The molecule has 2 heterocycles. The third-order valence-electron chi connectivity index (χ3n) is 4.47. The van der Waals surface area contributed by atoms with Gasteiger partial charge >= 0.3 is 0 Å². The number of carbonyl (C=O) groups is 1. The Morgan fingerprint density at radius 1 is 1.45 bits per heavy atom. The van der Waals surface area contributed by atoms with E-state index in [4.69, 9.17) is 4.74 Å². The van der Waals surface area contributed by atoms with Crippen LogP contribution in [0.25, 0.3) is 0 Å². The van der Waals surface area contributed by atoms with E-state index in [9.17, 15) is 13.6 Å². The molecule has 0 radical (unpaired) electrons. The lowest BCUT2D eigenvalue weighted by atomic mass is 9.85. The van der Waals surface area contributed by atoms with Gasteiger partial charge in [-0.3, -0.25) is 4.79 Å². The number of alkyl halides is 2. The molecule has 2 fully saturated rings. The molecule has 1 saturated carbocycles. The van der Waals surface area contributed by atoms with Crippen LogP contribution in [-0.4, -0.2) is 46.4 Å². The highest BCUT2D eigenvalue weighted by molar-refractivity contribution is 5.79. The van der Waals surface area contributed by atoms with Crippen LogP contribution in [0, 0.1) is 12.8 Å². The topological polar surface area (TPSA) is 58.2 Å². The summed E-state index contributed by atoms with van der Waals surface area (Å²) in [5.41, 5.74) is 0.941. The maximum Gasteiger partial charge on any atom is 0.248 e. The van der Waals surface area contributed by atoms with Crippen molar-refractivity contribution < 1.29 is 18.3 Å². The number of imidazole rings is 1. The number of morpholine rings is 1. The van der Waals surface area contributed by atoms with Gasteiger partial charge in [0.15, 0.2) is 0 Å². The van der Waals surface area contributed by atoms with Gasteiger partial charge < -0.3 is 14.6 Å². The molecular formula is C15H21F2N3O2. The van der Waals surface area contributed by atoms with E-state index in [0.29, 0.717) is 25.5 Å². The number of hydrogen-bond acceptors (Lipinski definition) is 3. The third-order valence-corrected chi connectivity index (χ3v) is 4.47. The zero-order valence-electron chi connectivity index (χ0n) is 12.6. The minimum atomic E-state index is -2.60. The van der Waals surface area contributed by atoms with Gasteiger partial charge in [-0.25, -0.2) is 13.8 Å². The number of aromatic amines is 1. The summed E-state index contributed by atoms with van der Waals surface area (Å²) in [5, 5.41) is 0. The largest absolute Gasteiger partial charge is 0.367 e. The molecule has 0 spiro atoms. The molecule has 1 amide bonds. The number of amides is 1. The van der Waals surface area contributed by atoms with Gasteiger partial charge in [0.25, 0.3) is 0 Å². The van der Waals surface area contributed by atoms with Crippen LogP contribution >= 0.6 is 0 Å². The number of rotatable bonds is 2. The van der Waals surface area contributed by atoms with Crippen LogP contribution in [0.3, 0.4) is 0 Å². The smallest absolute Gasteiger partial charge is 0.248 e. The van der Waals surface area contributed by atoms with Crippen LogP contribution in [0.2, 0.25) is 0 Å². The number of hydrogen-bond donors (Lipinski definition) is 1. The van der Waals surface area contributed by atoms with Crippen LogP contribution in [0.1, 0.15) is 43.3 Å². The highest BCUT2D eigenvalue weighted by atomic mass is 19.3. The number of H-pyrrole nitrogens is 1. The molecule has 7 heteroatoms. The predicted octanol–water partition coefficient (Wildman–Crippen LogP) is 2.44.